The van der Waals surface area contributed by atoms with Crippen LogP contribution >= 0.6 is 11.6 Å². The Labute approximate surface area is 161 Å². The number of rotatable bonds is 4. The van der Waals surface area contributed by atoms with Gasteiger partial charge in [-0.15, -0.1) is 5.10 Å². The van der Waals surface area contributed by atoms with Crippen LogP contribution in [-0.2, 0) is 0 Å². The van der Waals surface area contributed by atoms with E-state index in [-0.39, 0.29) is 5.91 Å². The number of nitrogens with zero attached hydrogens (tertiary/aromatic N) is 3. The van der Waals surface area contributed by atoms with Crippen molar-refractivity contribution in [3.63, 3.8) is 0 Å². The maximum absolute atomic E-state index is 12.3. The summed E-state index contributed by atoms with van der Waals surface area (Å²) in [6, 6.07) is 24.2. The highest BCUT2D eigenvalue weighted by molar-refractivity contribution is 6.31. The minimum atomic E-state index is -0.212. The molecule has 0 radical (unpaired) electrons. The molecule has 132 valence electrons. The van der Waals surface area contributed by atoms with Gasteiger partial charge in [0.05, 0.1) is 17.6 Å². The van der Waals surface area contributed by atoms with Crippen molar-refractivity contribution in [3.8, 4) is 16.9 Å². The van der Waals surface area contributed by atoms with Gasteiger partial charge < -0.3 is 5.32 Å². The van der Waals surface area contributed by atoms with Crippen molar-refractivity contribution < 1.29 is 4.79 Å². The number of hydrogen-bond donors (Lipinski definition) is 1. The summed E-state index contributed by atoms with van der Waals surface area (Å²) in [4.78, 5) is 12.3. The molecule has 1 heterocycles. The van der Waals surface area contributed by atoms with E-state index in [0.717, 1.165) is 16.9 Å². The van der Waals surface area contributed by atoms with Crippen LogP contribution in [-0.4, -0.2) is 20.9 Å². The molecule has 0 aliphatic carbocycles. The quantitative estimate of drug-likeness (QED) is 0.556. The van der Waals surface area contributed by atoms with E-state index in [4.69, 9.17) is 11.6 Å². The second-order valence-corrected chi connectivity index (χ2v) is 6.34. The molecule has 5 nitrogen and oxygen atoms in total. The van der Waals surface area contributed by atoms with E-state index in [1.165, 1.54) is 0 Å². The van der Waals surface area contributed by atoms with Gasteiger partial charge in [0.15, 0.2) is 0 Å². The monoisotopic (exact) mass is 374 g/mol. The van der Waals surface area contributed by atoms with Crippen LogP contribution in [0.2, 0.25) is 5.02 Å². The van der Waals surface area contributed by atoms with Crippen molar-refractivity contribution in [2.24, 2.45) is 0 Å². The zero-order valence-corrected chi connectivity index (χ0v) is 15.0. The fraction of sp³-hybridized carbons (Fsp3) is 0. The number of hydrogen-bond acceptors (Lipinski definition) is 3. The van der Waals surface area contributed by atoms with Crippen molar-refractivity contribution in [2.45, 2.75) is 0 Å². The highest BCUT2D eigenvalue weighted by atomic mass is 35.5. The van der Waals surface area contributed by atoms with E-state index >= 15 is 0 Å². The fourth-order valence-electron chi connectivity index (χ4n) is 2.75. The number of carbonyl (C=O) groups excluding carboxylic acids is 1. The molecule has 6 heteroatoms. The largest absolute Gasteiger partial charge is 0.322 e. The van der Waals surface area contributed by atoms with Gasteiger partial charge in [0.2, 0.25) is 0 Å². The Balaban J connectivity index is 1.55. The lowest BCUT2D eigenvalue weighted by molar-refractivity contribution is 0.102. The molecule has 0 spiro atoms. The number of halogens is 1. The molecule has 0 saturated heterocycles. The lowest BCUT2D eigenvalue weighted by Gasteiger charge is -2.09. The first-order valence-corrected chi connectivity index (χ1v) is 8.72. The van der Waals surface area contributed by atoms with Crippen LogP contribution in [0.15, 0.2) is 85.1 Å². The number of aromatic nitrogens is 3. The van der Waals surface area contributed by atoms with Gasteiger partial charge >= 0.3 is 0 Å². The van der Waals surface area contributed by atoms with E-state index < -0.39 is 0 Å². The first-order chi connectivity index (χ1) is 13.2. The van der Waals surface area contributed by atoms with Crippen LogP contribution in [0.5, 0.6) is 0 Å². The first-order valence-electron chi connectivity index (χ1n) is 8.34. The van der Waals surface area contributed by atoms with Crippen LogP contribution in [0, 0.1) is 0 Å². The van der Waals surface area contributed by atoms with Crippen molar-refractivity contribution in [1.82, 2.24) is 15.0 Å². The second-order valence-electron chi connectivity index (χ2n) is 5.91. The van der Waals surface area contributed by atoms with Crippen LogP contribution in [0.3, 0.4) is 0 Å². The summed E-state index contributed by atoms with van der Waals surface area (Å²) in [7, 11) is 0. The highest BCUT2D eigenvalue weighted by Gasteiger charge is 2.10. The first kappa shape index (κ1) is 17.0. The molecule has 0 unspecified atom stereocenters. The average molecular weight is 375 g/mol. The number of nitrogens with one attached hydrogen (secondary N) is 1. The molecule has 0 aliphatic rings. The summed E-state index contributed by atoms with van der Waals surface area (Å²) in [5.41, 5.74) is 3.97. The third-order valence-corrected chi connectivity index (χ3v) is 4.31. The maximum Gasteiger partial charge on any atom is 0.255 e. The van der Waals surface area contributed by atoms with E-state index in [9.17, 15) is 4.79 Å². The van der Waals surface area contributed by atoms with Gasteiger partial charge in [0.25, 0.3) is 5.91 Å². The molecular formula is C21H15ClN4O. The molecule has 4 rings (SSSR count). The summed E-state index contributed by atoms with van der Waals surface area (Å²) in [6.07, 6.45) is 1.73. The van der Waals surface area contributed by atoms with E-state index in [0.29, 0.717) is 16.3 Å². The van der Waals surface area contributed by atoms with Crippen molar-refractivity contribution in [3.05, 3.63) is 95.6 Å². The number of amides is 1. The summed E-state index contributed by atoms with van der Waals surface area (Å²) in [6.45, 7) is 0. The Bertz CT molecular complexity index is 1070. The zero-order valence-electron chi connectivity index (χ0n) is 14.2. The highest BCUT2D eigenvalue weighted by Crippen LogP contribution is 2.22. The van der Waals surface area contributed by atoms with Crippen LogP contribution < -0.4 is 5.32 Å². The molecule has 0 aliphatic heterocycles. The second kappa shape index (κ2) is 7.43. The van der Waals surface area contributed by atoms with Crippen LogP contribution in [0.1, 0.15) is 10.4 Å². The summed E-state index contributed by atoms with van der Waals surface area (Å²) in [5.74, 6) is -0.212. The van der Waals surface area contributed by atoms with Gasteiger partial charge in [-0.1, -0.05) is 53.2 Å². The summed E-state index contributed by atoms with van der Waals surface area (Å²) < 4.78 is 1.76. The molecule has 3 aromatic carbocycles. The van der Waals surface area contributed by atoms with Gasteiger partial charge in [-0.2, -0.15) is 0 Å². The molecule has 27 heavy (non-hydrogen) atoms. The van der Waals surface area contributed by atoms with Gasteiger partial charge in [-0.3, -0.25) is 4.79 Å². The van der Waals surface area contributed by atoms with E-state index in [2.05, 4.69) is 15.6 Å². The number of anilines is 1. The smallest absolute Gasteiger partial charge is 0.255 e. The predicted octanol–water partition coefficient (Wildman–Crippen LogP) is 4.84. The third kappa shape index (κ3) is 3.73. The molecule has 1 N–H and O–H groups in total. The Morgan fingerprint density at radius 3 is 2.44 bits per heavy atom. The molecule has 1 aromatic heterocycles. The minimum absolute atomic E-state index is 0.212. The fourth-order valence-corrected chi connectivity index (χ4v) is 2.94. The van der Waals surface area contributed by atoms with Crippen LogP contribution in [0.4, 0.5) is 5.69 Å². The van der Waals surface area contributed by atoms with Crippen molar-refractivity contribution in [2.75, 3.05) is 5.32 Å². The molecule has 0 bridgehead atoms. The normalized spacial score (nSPS) is 10.6. The standard InChI is InChI=1S/C21H15ClN4O/c22-17-8-4-7-16(13-17)21(27)24-18-9-11-19(12-10-18)26-20(14-23-25-26)15-5-2-1-3-6-15/h1-14H,(H,24,27). The third-order valence-electron chi connectivity index (χ3n) is 4.08. The molecule has 0 saturated carbocycles. The molecule has 0 atom stereocenters. The molecule has 4 aromatic rings. The maximum atomic E-state index is 12.3. The van der Waals surface area contributed by atoms with Crippen molar-refractivity contribution in [1.29, 1.82) is 0 Å². The van der Waals surface area contributed by atoms with Crippen LogP contribution in [0.25, 0.3) is 16.9 Å². The van der Waals surface area contributed by atoms with E-state index in [1.807, 2.05) is 54.6 Å². The lowest BCUT2D eigenvalue weighted by Crippen LogP contribution is -2.11. The summed E-state index contributed by atoms with van der Waals surface area (Å²) >= 11 is 5.94. The minimum Gasteiger partial charge on any atom is -0.322 e. The van der Waals surface area contributed by atoms with Gasteiger partial charge in [0.1, 0.15) is 0 Å². The van der Waals surface area contributed by atoms with Gasteiger partial charge in [-0.05, 0) is 42.5 Å². The Morgan fingerprint density at radius 1 is 0.926 bits per heavy atom. The molecular weight excluding hydrogens is 360 g/mol. The van der Waals surface area contributed by atoms with Gasteiger partial charge in [-0.25, -0.2) is 4.68 Å². The molecule has 1 amide bonds. The lowest BCUT2D eigenvalue weighted by atomic mass is 10.1. The topological polar surface area (TPSA) is 59.8 Å². The Morgan fingerprint density at radius 2 is 1.70 bits per heavy atom. The predicted molar refractivity (Wildman–Crippen MR) is 106 cm³/mol. The zero-order chi connectivity index (χ0) is 18.6. The Kier molecular flexibility index (Phi) is 4.68. The summed E-state index contributed by atoms with van der Waals surface area (Å²) in [5, 5.41) is 11.6. The molecule has 0 fully saturated rings. The van der Waals surface area contributed by atoms with E-state index in [1.54, 1.807) is 35.1 Å². The average Bonchev–Trinajstić information content (AvgIpc) is 3.19. The number of carbonyl (C=O) groups is 1. The Hall–Kier alpha value is -3.44. The van der Waals surface area contributed by atoms with Crippen molar-refractivity contribution >= 4 is 23.2 Å². The SMILES string of the molecule is O=C(Nc1ccc(-n2nncc2-c2ccccc2)cc1)c1cccc(Cl)c1. The number of benzene rings is 3. The van der Waals surface area contributed by atoms with Gasteiger partial charge in [0, 0.05) is 21.8 Å².